The predicted molar refractivity (Wildman–Crippen MR) is 174 cm³/mol. The molecule has 4 aromatic carbocycles. The van der Waals surface area contributed by atoms with Crippen LogP contribution in [0.5, 0.6) is 0 Å². The van der Waals surface area contributed by atoms with E-state index in [2.05, 4.69) is 10.0 Å². The number of carbonyl (C=O) groups excluding carboxylic acids is 3. The van der Waals surface area contributed by atoms with Gasteiger partial charge >= 0.3 is 6.03 Å². The second-order valence-electron chi connectivity index (χ2n) is 11.5. The fraction of sp³-hybridized carbons (Fsp3) is 0.235. The highest BCUT2D eigenvalue weighted by Crippen LogP contribution is 2.31. The molecule has 0 bridgehead atoms. The third-order valence-corrected chi connectivity index (χ3v) is 8.92. The summed E-state index contributed by atoms with van der Waals surface area (Å²) >= 11 is -2.50. The van der Waals surface area contributed by atoms with E-state index >= 15 is 0 Å². The fourth-order valence-corrected chi connectivity index (χ4v) is 6.60. The third-order valence-electron chi connectivity index (χ3n) is 8.51. The molecule has 6 rings (SSSR count). The van der Waals surface area contributed by atoms with E-state index < -0.39 is 35.3 Å². The van der Waals surface area contributed by atoms with Crippen molar-refractivity contribution in [3.8, 4) is 6.07 Å². The number of benzene rings is 4. The van der Waals surface area contributed by atoms with Gasteiger partial charge in [0.1, 0.15) is 24.6 Å². The molecule has 246 valence electrons. The number of anilines is 1. The SMILES string of the molecule is N#CCN(C(=O)NCc1ccc(F)cc1)N1CC(=O)N2[C@@H](Cc3ccc(NS(=O)[O-])cc3)C(=O)N(Cc3cccc4ccccc34)C[C@@H]21. The first kappa shape index (κ1) is 32.6. The Morgan fingerprint density at radius 1 is 1.00 bits per heavy atom. The number of hydrogen-bond acceptors (Lipinski definition) is 7. The molecule has 2 aliphatic heterocycles. The summed E-state index contributed by atoms with van der Waals surface area (Å²) in [7, 11) is 0. The molecule has 14 heteroatoms. The zero-order chi connectivity index (χ0) is 33.8. The van der Waals surface area contributed by atoms with Gasteiger partial charge in [-0.1, -0.05) is 66.7 Å². The molecule has 4 amide bonds. The van der Waals surface area contributed by atoms with Gasteiger partial charge in [0.25, 0.3) is 0 Å². The summed E-state index contributed by atoms with van der Waals surface area (Å²) < 4.78 is 37.8. The lowest BCUT2D eigenvalue weighted by Gasteiger charge is -2.46. The minimum Gasteiger partial charge on any atom is -0.755 e. The number of nitrogens with one attached hydrogen (secondary N) is 2. The Labute approximate surface area is 278 Å². The summed E-state index contributed by atoms with van der Waals surface area (Å²) in [5.74, 6) is -1.06. The first-order chi connectivity index (χ1) is 23.2. The lowest BCUT2D eigenvalue weighted by Crippen LogP contribution is -2.66. The van der Waals surface area contributed by atoms with Crippen LogP contribution in [0, 0.1) is 17.1 Å². The number of urea groups is 1. The largest absolute Gasteiger partial charge is 0.755 e. The van der Waals surface area contributed by atoms with Crippen LogP contribution < -0.4 is 10.0 Å². The van der Waals surface area contributed by atoms with Gasteiger partial charge in [0, 0.05) is 36.5 Å². The minimum absolute atomic E-state index is 0.0658. The summed E-state index contributed by atoms with van der Waals surface area (Å²) in [5, 5.41) is 17.1. The van der Waals surface area contributed by atoms with Crippen molar-refractivity contribution in [1.82, 2.24) is 25.1 Å². The smallest absolute Gasteiger partial charge is 0.333 e. The zero-order valence-electron chi connectivity index (χ0n) is 25.6. The molecule has 3 atom stereocenters. The minimum atomic E-state index is -2.50. The molecule has 0 aromatic heterocycles. The van der Waals surface area contributed by atoms with Crippen molar-refractivity contribution < 1.29 is 27.5 Å². The number of hydrogen-bond donors (Lipinski definition) is 2. The number of hydrazine groups is 1. The second-order valence-corrected chi connectivity index (χ2v) is 12.2. The van der Waals surface area contributed by atoms with Crippen LogP contribution in [-0.4, -0.2) is 78.3 Å². The normalized spacial score (nSPS) is 18.4. The lowest BCUT2D eigenvalue weighted by molar-refractivity contribution is -0.157. The van der Waals surface area contributed by atoms with Crippen molar-refractivity contribution in [1.29, 1.82) is 5.26 Å². The summed E-state index contributed by atoms with van der Waals surface area (Å²) in [6.07, 6.45) is -0.625. The van der Waals surface area contributed by atoms with Gasteiger partial charge in [-0.2, -0.15) is 10.3 Å². The number of carbonyl (C=O) groups is 3. The summed E-state index contributed by atoms with van der Waals surface area (Å²) in [6.45, 7) is -0.201. The van der Waals surface area contributed by atoms with Gasteiger partial charge in [-0.25, -0.2) is 14.2 Å². The van der Waals surface area contributed by atoms with Crippen LogP contribution in [0.25, 0.3) is 10.8 Å². The van der Waals surface area contributed by atoms with Gasteiger partial charge in [-0.05, 0) is 51.7 Å². The number of piperazine rings is 1. The van der Waals surface area contributed by atoms with E-state index in [1.807, 2.05) is 48.5 Å². The average Bonchev–Trinajstić information content (AvgIpc) is 3.40. The highest BCUT2D eigenvalue weighted by molar-refractivity contribution is 7.80. The van der Waals surface area contributed by atoms with Crippen LogP contribution in [0.1, 0.15) is 16.7 Å². The summed E-state index contributed by atoms with van der Waals surface area (Å²) in [6, 6.07) is 26.3. The van der Waals surface area contributed by atoms with Crippen molar-refractivity contribution in [2.24, 2.45) is 0 Å². The Bertz CT molecular complexity index is 1900. The average molecular weight is 669 g/mol. The molecular formula is C34H31FN7O5S-. The first-order valence-electron chi connectivity index (χ1n) is 15.2. The van der Waals surface area contributed by atoms with Crippen LogP contribution in [0.3, 0.4) is 0 Å². The summed E-state index contributed by atoms with van der Waals surface area (Å²) in [4.78, 5) is 44.6. The molecular weight excluding hydrogens is 637 g/mol. The number of nitriles is 1. The van der Waals surface area contributed by atoms with Gasteiger partial charge < -0.3 is 24.4 Å². The van der Waals surface area contributed by atoms with Crippen molar-refractivity contribution in [2.45, 2.75) is 31.7 Å². The first-order valence-corrected chi connectivity index (χ1v) is 16.2. The number of nitrogens with zero attached hydrogens (tertiary/aromatic N) is 5. The Morgan fingerprint density at radius 3 is 2.44 bits per heavy atom. The van der Waals surface area contributed by atoms with Crippen molar-refractivity contribution in [3.63, 3.8) is 0 Å². The van der Waals surface area contributed by atoms with Crippen molar-refractivity contribution in [2.75, 3.05) is 24.4 Å². The van der Waals surface area contributed by atoms with Crippen LogP contribution in [0.4, 0.5) is 14.9 Å². The molecule has 2 fully saturated rings. The zero-order valence-corrected chi connectivity index (χ0v) is 26.4. The predicted octanol–water partition coefficient (Wildman–Crippen LogP) is 3.26. The maximum absolute atomic E-state index is 14.2. The monoisotopic (exact) mass is 668 g/mol. The number of halogens is 1. The number of rotatable bonds is 10. The molecule has 0 aliphatic carbocycles. The molecule has 0 radical (unpaired) electrons. The van der Waals surface area contributed by atoms with Crippen molar-refractivity contribution >= 4 is 45.6 Å². The van der Waals surface area contributed by atoms with Crippen LogP contribution in [-0.2, 0) is 40.4 Å². The quantitative estimate of drug-likeness (QED) is 0.194. The molecule has 2 N–H and O–H groups in total. The molecule has 4 aromatic rings. The van der Waals surface area contributed by atoms with Crippen LogP contribution in [0.2, 0.25) is 0 Å². The van der Waals surface area contributed by atoms with Gasteiger partial charge in [0.2, 0.25) is 11.8 Å². The maximum atomic E-state index is 14.2. The highest BCUT2D eigenvalue weighted by atomic mass is 32.2. The van der Waals surface area contributed by atoms with E-state index in [9.17, 15) is 32.8 Å². The van der Waals surface area contributed by atoms with E-state index in [1.54, 1.807) is 29.2 Å². The molecule has 1 unspecified atom stereocenters. The van der Waals surface area contributed by atoms with E-state index in [0.717, 1.165) is 16.3 Å². The van der Waals surface area contributed by atoms with E-state index in [1.165, 1.54) is 39.2 Å². The number of amides is 4. The summed E-state index contributed by atoms with van der Waals surface area (Å²) in [5.41, 5.74) is 2.60. The third kappa shape index (κ3) is 6.98. The second kappa shape index (κ2) is 14.2. The van der Waals surface area contributed by atoms with Crippen LogP contribution >= 0.6 is 0 Å². The van der Waals surface area contributed by atoms with Gasteiger partial charge in [-0.3, -0.25) is 13.8 Å². The maximum Gasteiger partial charge on any atom is 0.333 e. The van der Waals surface area contributed by atoms with Gasteiger partial charge in [0.15, 0.2) is 0 Å². The lowest BCUT2D eigenvalue weighted by atomic mass is 9.99. The van der Waals surface area contributed by atoms with Gasteiger partial charge in [-0.15, -0.1) is 0 Å². The molecule has 0 saturated carbocycles. The van der Waals surface area contributed by atoms with E-state index in [4.69, 9.17) is 0 Å². The molecule has 48 heavy (non-hydrogen) atoms. The Morgan fingerprint density at radius 2 is 1.71 bits per heavy atom. The Hall–Kier alpha value is -5.36. The molecule has 2 aliphatic rings. The number of fused-ring (bicyclic) bond motifs is 2. The molecule has 0 spiro atoms. The van der Waals surface area contributed by atoms with Gasteiger partial charge in [0.05, 0.1) is 19.2 Å². The topological polar surface area (TPSA) is 152 Å². The van der Waals surface area contributed by atoms with E-state index in [-0.39, 0.29) is 51.0 Å². The van der Waals surface area contributed by atoms with E-state index in [0.29, 0.717) is 16.8 Å². The standard InChI is InChI=1S/C34H32FN7O5S/c35-27-12-8-24(9-13-27)19-37-34(45)40(17-16-36)41-22-32(43)42-30(18-23-10-14-28(15-11-23)38-48(46)47)33(44)39(21-31(41)42)20-26-6-3-5-25-4-1-2-7-29(25)26/h1-15,30-31,38H,17-22H2,(H,37,45)(H,46,47)/p-1/t30-,31+/m0/s1. The van der Waals surface area contributed by atoms with Crippen molar-refractivity contribution in [3.05, 3.63) is 114 Å². The highest BCUT2D eigenvalue weighted by Gasteiger charge is 2.52. The Balaban J connectivity index is 1.31. The molecule has 12 nitrogen and oxygen atoms in total. The van der Waals surface area contributed by atoms with Crippen LogP contribution in [0.15, 0.2) is 91.0 Å². The fourth-order valence-electron chi connectivity index (χ4n) is 6.27. The molecule has 2 saturated heterocycles. The Kier molecular flexibility index (Phi) is 9.62. The molecule has 2 heterocycles.